The number of fused-ring (bicyclic) bond motifs is 1. The van der Waals surface area contributed by atoms with E-state index in [1.807, 2.05) is 0 Å². The van der Waals surface area contributed by atoms with Gasteiger partial charge in [0.15, 0.2) is 28.1 Å². The number of nitrogens with zero attached hydrogens (tertiary/aromatic N) is 5. The average molecular weight is 726 g/mol. The number of oxime groups is 1. The van der Waals surface area contributed by atoms with Crippen LogP contribution in [0.1, 0.15) is 43.2 Å². The highest BCUT2D eigenvalue weighted by atomic mass is 35.5. The van der Waals surface area contributed by atoms with Crippen LogP contribution in [0.15, 0.2) is 22.7 Å². The van der Waals surface area contributed by atoms with Crippen LogP contribution in [0.5, 0.6) is 11.5 Å². The highest BCUT2D eigenvalue weighted by molar-refractivity contribution is 8.02. The number of aliphatic carboxylic acids is 2. The van der Waals surface area contributed by atoms with Crippen LogP contribution in [0.3, 0.4) is 0 Å². The molecule has 21 heteroatoms. The van der Waals surface area contributed by atoms with Crippen molar-refractivity contribution in [1.82, 2.24) is 25.2 Å². The van der Waals surface area contributed by atoms with Gasteiger partial charge in [-0.15, -0.1) is 11.3 Å². The number of anilines is 1. The summed E-state index contributed by atoms with van der Waals surface area (Å²) in [6, 6.07) is 0.488. The van der Waals surface area contributed by atoms with E-state index < -0.39 is 92.9 Å². The van der Waals surface area contributed by atoms with Gasteiger partial charge in [-0.1, -0.05) is 28.5 Å². The number of hydrogen-bond donors (Lipinski definition) is 6. The van der Waals surface area contributed by atoms with Gasteiger partial charge in [-0.25, -0.2) is 24.4 Å². The van der Waals surface area contributed by atoms with E-state index in [9.17, 15) is 49.2 Å². The molecule has 3 aliphatic heterocycles. The summed E-state index contributed by atoms with van der Waals surface area (Å²) < 4.78 is 0. The minimum absolute atomic E-state index is 0.00568. The molecule has 7 N–H and O–H groups in total. The number of carbonyl (C=O) groups is 6. The molecular weight excluding hydrogens is 698 g/mol. The second kappa shape index (κ2) is 12.3. The Morgan fingerprint density at radius 3 is 2.52 bits per heavy atom. The molecule has 5 rings (SSSR count). The number of carboxylic acids is 2. The Kier molecular flexibility index (Phi) is 8.86. The van der Waals surface area contributed by atoms with Gasteiger partial charge in [0.25, 0.3) is 5.91 Å². The Bertz CT molecular complexity index is 1790. The van der Waals surface area contributed by atoms with Crippen LogP contribution in [-0.2, 0) is 24.0 Å². The first-order valence-electron chi connectivity index (χ1n) is 14.0. The summed E-state index contributed by atoms with van der Waals surface area (Å²) >= 11 is 7.75. The molecule has 48 heavy (non-hydrogen) atoms. The van der Waals surface area contributed by atoms with E-state index in [2.05, 4.69) is 15.6 Å². The number of hydrazine groups is 1. The highest BCUT2D eigenvalue weighted by Gasteiger charge is 2.66. The fourth-order valence-corrected chi connectivity index (χ4v) is 7.65. The normalized spacial score (nSPS) is 24.0. The number of nitrogens with two attached hydrogens (primary N) is 1. The number of rotatable bonds is 11. The summed E-state index contributed by atoms with van der Waals surface area (Å²) in [4.78, 5) is 87.0. The second-order valence-electron chi connectivity index (χ2n) is 11.6. The van der Waals surface area contributed by atoms with Crippen LogP contribution in [-0.4, -0.2) is 116 Å². The van der Waals surface area contributed by atoms with Crippen LogP contribution in [0.25, 0.3) is 0 Å². The molecule has 1 unspecified atom stereocenters. The van der Waals surface area contributed by atoms with E-state index in [-0.39, 0.29) is 28.6 Å². The topological polar surface area (TPSA) is 266 Å². The largest absolute Gasteiger partial charge is 0.504 e. The fraction of sp³-hybridized carbons (Fsp3) is 0.407. The summed E-state index contributed by atoms with van der Waals surface area (Å²) in [7, 11) is 0. The number of Topliss-reactive ketones (excluding diaryl/α,β-unsaturated/α-hetero) is 1. The zero-order chi connectivity index (χ0) is 35.5. The molecule has 0 spiro atoms. The van der Waals surface area contributed by atoms with E-state index in [0.717, 1.165) is 45.1 Å². The Hall–Kier alpha value is -4.82. The molecule has 1 aromatic carbocycles. The molecule has 0 bridgehead atoms. The number of phenols is 2. The molecule has 4 atom stereocenters. The monoisotopic (exact) mass is 725 g/mol. The third-order valence-corrected chi connectivity index (χ3v) is 10.7. The molecule has 18 nitrogen and oxygen atoms in total. The van der Waals surface area contributed by atoms with E-state index in [0.29, 0.717) is 0 Å². The number of aromatic hydroxyl groups is 2. The number of β-lactam (4-membered cyclic amide) rings is 1. The fourth-order valence-electron chi connectivity index (χ4n) is 5.18. The van der Waals surface area contributed by atoms with Crippen LogP contribution in [0, 0.1) is 5.92 Å². The van der Waals surface area contributed by atoms with Crippen molar-refractivity contribution in [3.8, 4) is 11.5 Å². The van der Waals surface area contributed by atoms with Crippen LogP contribution in [0.2, 0.25) is 5.02 Å². The van der Waals surface area contributed by atoms with Crippen molar-refractivity contribution in [2.45, 2.75) is 49.1 Å². The number of phenolic OH excluding ortho intramolecular Hbond substituents is 2. The SMILES string of the molecule is C[C@@H]1CN([C@]2(C(=O)O)CN3C(=O)C(CC(=O)/C(=N\OC(C)(C)C(=O)O)c4csc(N)n4)[C@H]3S2)C(=O)N1NC(=O)c1ccc(O)c(O)c1Cl. The van der Waals surface area contributed by atoms with Crippen LogP contribution >= 0.6 is 34.7 Å². The minimum Gasteiger partial charge on any atom is -0.504 e. The van der Waals surface area contributed by atoms with Gasteiger partial charge in [-0.3, -0.25) is 24.7 Å². The third-order valence-electron chi connectivity index (χ3n) is 7.92. The third kappa shape index (κ3) is 5.79. The molecule has 1 aromatic heterocycles. The number of nitrogen functional groups attached to an aromatic ring is 1. The second-order valence-corrected chi connectivity index (χ2v) is 14.2. The Morgan fingerprint density at radius 2 is 1.92 bits per heavy atom. The minimum atomic E-state index is -1.99. The van der Waals surface area contributed by atoms with Gasteiger partial charge < -0.3 is 35.9 Å². The zero-order valence-electron chi connectivity index (χ0n) is 25.2. The molecule has 4 amide bonds. The lowest BCUT2D eigenvalue weighted by Crippen LogP contribution is -2.60. The molecule has 3 aliphatic rings. The van der Waals surface area contributed by atoms with Crippen molar-refractivity contribution in [1.29, 1.82) is 0 Å². The van der Waals surface area contributed by atoms with Crippen molar-refractivity contribution < 1.29 is 54.0 Å². The zero-order valence-corrected chi connectivity index (χ0v) is 27.6. The predicted octanol–water partition coefficient (Wildman–Crippen LogP) is 1.12. The Morgan fingerprint density at radius 1 is 1.23 bits per heavy atom. The van der Waals surface area contributed by atoms with Crippen molar-refractivity contribution >= 4 is 81.1 Å². The predicted molar refractivity (Wildman–Crippen MR) is 168 cm³/mol. The van der Waals surface area contributed by atoms with Crippen LogP contribution < -0.4 is 11.2 Å². The number of urea groups is 1. The van der Waals surface area contributed by atoms with Crippen molar-refractivity contribution in [2.75, 3.05) is 18.8 Å². The summed E-state index contributed by atoms with van der Waals surface area (Å²) in [5.74, 6) is -7.37. The number of amides is 4. The Labute approximate surface area is 284 Å². The number of halogens is 1. The lowest BCUT2D eigenvalue weighted by atomic mass is 9.90. The molecule has 0 radical (unpaired) electrons. The highest BCUT2D eigenvalue weighted by Crippen LogP contribution is 2.53. The van der Waals surface area contributed by atoms with Crippen molar-refractivity contribution in [3.63, 3.8) is 0 Å². The molecule has 0 saturated carbocycles. The van der Waals surface area contributed by atoms with E-state index in [1.165, 1.54) is 24.1 Å². The number of thioether (sulfide) groups is 1. The molecule has 3 fully saturated rings. The van der Waals surface area contributed by atoms with E-state index in [4.69, 9.17) is 22.2 Å². The maximum absolute atomic E-state index is 13.6. The standard InChI is InChI=1S/C27H28ClN7O11S2/c1-10-7-34(25(45)35(10)31-19(39)11-4-5-14(36)18(38)16(11)28)27(23(43)44)9-33-20(40)12(21(33)48-27)6-15(37)17(13-8-47-24(29)30-13)32-46-26(2,3)22(41)42/h4-5,8,10,12,21,36,38H,6-7,9H2,1-3H3,(H2,29,30)(H,31,39)(H,41,42)(H,43,44)/b32-17-/t10-,12?,21-,27-/m1/s1. The molecule has 3 saturated heterocycles. The smallest absolute Gasteiger partial charge is 0.350 e. The number of ketones is 1. The summed E-state index contributed by atoms with van der Waals surface area (Å²) in [6.07, 6.45) is -0.470. The van der Waals surface area contributed by atoms with E-state index in [1.54, 1.807) is 6.92 Å². The number of carboxylic acid groups (broad SMARTS) is 2. The lowest BCUT2D eigenvalue weighted by molar-refractivity contribution is -0.161. The molecule has 4 heterocycles. The van der Waals surface area contributed by atoms with Gasteiger partial charge in [0.1, 0.15) is 5.69 Å². The van der Waals surface area contributed by atoms with Gasteiger partial charge in [0.05, 0.1) is 34.5 Å². The molecule has 2 aromatic rings. The number of thiazole rings is 1. The van der Waals surface area contributed by atoms with Gasteiger partial charge in [-0.2, -0.15) is 0 Å². The van der Waals surface area contributed by atoms with Crippen molar-refractivity contribution in [3.05, 3.63) is 33.8 Å². The molecule has 256 valence electrons. The first-order chi connectivity index (χ1) is 22.4. The summed E-state index contributed by atoms with van der Waals surface area (Å²) in [6.45, 7) is 3.38. The number of aromatic nitrogens is 1. The van der Waals surface area contributed by atoms with Crippen molar-refractivity contribution in [2.24, 2.45) is 11.1 Å². The maximum atomic E-state index is 13.6. The van der Waals surface area contributed by atoms with Gasteiger partial charge in [-0.05, 0) is 32.9 Å². The van der Waals surface area contributed by atoms with Gasteiger partial charge in [0.2, 0.25) is 16.4 Å². The van der Waals surface area contributed by atoms with Crippen LogP contribution in [0.4, 0.5) is 9.93 Å². The molecular formula is C27H28ClN7O11S2. The number of nitrogens with one attached hydrogen (secondary N) is 1. The van der Waals surface area contributed by atoms with Gasteiger partial charge >= 0.3 is 18.0 Å². The van der Waals surface area contributed by atoms with E-state index >= 15 is 0 Å². The first kappa shape index (κ1) is 34.5. The first-order valence-corrected chi connectivity index (χ1v) is 16.1. The summed E-state index contributed by atoms with van der Waals surface area (Å²) in [5.41, 5.74) is 5.59. The average Bonchev–Trinajstić information content (AvgIpc) is 3.69. The molecule has 0 aliphatic carbocycles. The van der Waals surface area contributed by atoms with Gasteiger partial charge in [0, 0.05) is 18.3 Å². The quantitative estimate of drug-likeness (QED) is 0.0821. The lowest BCUT2D eigenvalue weighted by Gasteiger charge is -2.40. The number of benzene rings is 1. The Balaban J connectivity index is 1.34. The maximum Gasteiger partial charge on any atom is 0.350 e. The summed E-state index contributed by atoms with van der Waals surface area (Å²) in [5, 5.41) is 44.1. The number of hydrogen-bond acceptors (Lipinski definition) is 14. The number of carbonyl (C=O) groups excluding carboxylic acids is 4.